The number of alkyl halides is 1. The average molecular weight is 285 g/mol. The first kappa shape index (κ1) is 13.6. The summed E-state index contributed by atoms with van der Waals surface area (Å²) < 4.78 is 5.75. The van der Waals surface area contributed by atoms with Crippen molar-refractivity contribution in [3.63, 3.8) is 0 Å². The van der Waals surface area contributed by atoms with Gasteiger partial charge in [0.15, 0.2) is 0 Å². The molecule has 1 nitrogen and oxygen atoms in total. The van der Waals surface area contributed by atoms with Gasteiger partial charge in [0.1, 0.15) is 5.75 Å². The molecule has 1 rings (SSSR count). The van der Waals surface area contributed by atoms with Crippen LogP contribution in [-0.2, 0) is 6.42 Å². The Labute approximate surface area is 107 Å². The molecule has 0 unspecified atom stereocenters. The third-order valence-electron chi connectivity index (χ3n) is 2.56. The first-order valence-corrected chi connectivity index (χ1v) is 7.18. The molecule has 1 aromatic carbocycles. The smallest absolute Gasteiger partial charge is 0.122 e. The number of rotatable bonds is 7. The lowest BCUT2D eigenvalue weighted by Crippen LogP contribution is -1.99. The average Bonchev–Trinajstić information content (AvgIpc) is 2.27. The van der Waals surface area contributed by atoms with Crippen LogP contribution in [-0.4, -0.2) is 11.9 Å². The molecule has 0 N–H and O–H groups in total. The molecule has 0 fully saturated rings. The summed E-state index contributed by atoms with van der Waals surface area (Å²) in [6.07, 6.45) is 4.64. The molecule has 0 atom stereocenters. The molecule has 0 aliphatic rings. The number of hydrogen-bond donors (Lipinski definition) is 0. The van der Waals surface area contributed by atoms with Gasteiger partial charge in [0.25, 0.3) is 0 Å². The summed E-state index contributed by atoms with van der Waals surface area (Å²) in [6, 6.07) is 6.52. The summed E-state index contributed by atoms with van der Waals surface area (Å²) in [4.78, 5) is 0. The summed E-state index contributed by atoms with van der Waals surface area (Å²) in [5.41, 5.74) is 2.66. The Balaban J connectivity index is 2.47. The van der Waals surface area contributed by atoms with Crippen LogP contribution in [0.1, 0.15) is 37.3 Å². The predicted octanol–water partition coefficient (Wildman–Crippen LogP) is 4.50. The molecular formula is C14H21BrO. The Kier molecular flexibility index (Phi) is 6.55. The molecule has 0 spiro atoms. The molecule has 0 aliphatic heterocycles. The molecule has 2 heteroatoms. The van der Waals surface area contributed by atoms with Crippen molar-refractivity contribution >= 4 is 15.9 Å². The van der Waals surface area contributed by atoms with Gasteiger partial charge in [0, 0.05) is 5.33 Å². The van der Waals surface area contributed by atoms with E-state index in [2.05, 4.69) is 48.0 Å². The van der Waals surface area contributed by atoms with Crippen molar-refractivity contribution in [2.24, 2.45) is 0 Å². The molecule has 90 valence electrons. The van der Waals surface area contributed by atoms with Gasteiger partial charge in [0.2, 0.25) is 0 Å². The van der Waals surface area contributed by atoms with Crippen LogP contribution < -0.4 is 4.74 Å². The monoisotopic (exact) mass is 284 g/mol. The van der Waals surface area contributed by atoms with E-state index in [9.17, 15) is 0 Å². The Morgan fingerprint density at radius 1 is 1.25 bits per heavy atom. The number of aryl methyl sites for hydroxylation is 2. The first-order chi connectivity index (χ1) is 7.77. The fraction of sp³-hybridized carbons (Fsp3) is 0.571. The Morgan fingerprint density at radius 3 is 2.69 bits per heavy atom. The van der Waals surface area contributed by atoms with Crippen LogP contribution in [0.15, 0.2) is 18.2 Å². The number of hydrogen-bond acceptors (Lipinski definition) is 1. The van der Waals surface area contributed by atoms with Gasteiger partial charge in [-0.15, -0.1) is 0 Å². The van der Waals surface area contributed by atoms with Crippen LogP contribution in [0.2, 0.25) is 0 Å². The van der Waals surface area contributed by atoms with E-state index in [1.807, 2.05) is 0 Å². The Morgan fingerprint density at radius 2 is 2.06 bits per heavy atom. The first-order valence-electron chi connectivity index (χ1n) is 6.06. The maximum atomic E-state index is 5.75. The van der Waals surface area contributed by atoms with Crippen molar-refractivity contribution in [1.82, 2.24) is 0 Å². The highest BCUT2D eigenvalue weighted by Gasteiger charge is 2.00. The molecule has 1 aromatic rings. The van der Waals surface area contributed by atoms with Gasteiger partial charge < -0.3 is 4.74 Å². The van der Waals surface area contributed by atoms with E-state index in [4.69, 9.17) is 4.74 Å². The van der Waals surface area contributed by atoms with Crippen molar-refractivity contribution < 1.29 is 4.74 Å². The van der Waals surface area contributed by atoms with Crippen molar-refractivity contribution in [2.45, 2.75) is 39.5 Å². The highest BCUT2D eigenvalue weighted by atomic mass is 79.9. The molecule has 0 amide bonds. The summed E-state index contributed by atoms with van der Waals surface area (Å²) in [5.74, 6) is 1.04. The fourth-order valence-electron chi connectivity index (χ4n) is 1.70. The van der Waals surface area contributed by atoms with Crippen molar-refractivity contribution in [1.29, 1.82) is 0 Å². The van der Waals surface area contributed by atoms with Crippen LogP contribution in [0.25, 0.3) is 0 Å². The minimum atomic E-state index is 0.819. The lowest BCUT2D eigenvalue weighted by Gasteiger charge is -2.10. The number of unbranched alkanes of at least 4 members (excludes halogenated alkanes) is 1. The quantitative estimate of drug-likeness (QED) is 0.529. The van der Waals surface area contributed by atoms with Crippen LogP contribution >= 0.6 is 15.9 Å². The predicted molar refractivity (Wildman–Crippen MR) is 73.7 cm³/mol. The fourth-order valence-corrected chi connectivity index (χ4v) is 2.09. The minimum Gasteiger partial charge on any atom is -0.493 e. The molecule has 0 radical (unpaired) electrons. The Hall–Kier alpha value is -0.500. The zero-order valence-corrected chi connectivity index (χ0v) is 11.8. The summed E-state index contributed by atoms with van der Waals surface area (Å²) in [6.45, 7) is 5.15. The summed E-state index contributed by atoms with van der Waals surface area (Å²) in [5, 5.41) is 1.06. The molecule has 0 saturated heterocycles. The zero-order valence-electron chi connectivity index (χ0n) is 10.3. The van der Waals surface area contributed by atoms with Gasteiger partial charge in [-0.25, -0.2) is 0 Å². The molecule has 0 heterocycles. The standard InChI is InChI=1S/C14H21BrO/c1-3-6-13-7-8-14(12(2)11-13)16-10-5-4-9-15/h7-8,11H,3-6,9-10H2,1-2H3. The maximum Gasteiger partial charge on any atom is 0.122 e. The van der Waals surface area contributed by atoms with E-state index in [1.165, 1.54) is 24.0 Å². The Bertz CT molecular complexity index is 310. The van der Waals surface area contributed by atoms with Crippen molar-refractivity contribution in [2.75, 3.05) is 11.9 Å². The second-order valence-corrected chi connectivity index (χ2v) is 4.89. The van der Waals surface area contributed by atoms with E-state index >= 15 is 0 Å². The number of ether oxygens (including phenoxy) is 1. The third-order valence-corrected chi connectivity index (χ3v) is 3.12. The van der Waals surface area contributed by atoms with E-state index < -0.39 is 0 Å². The third kappa shape index (κ3) is 4.56. The highest BCUT2D eigenvalue weighted by Crippen LogP contribution is 2.20. The van der Waals surface area contributed by atoms with Crippen LogP contribution in [0.5, 0.6) is 5.75 Å². The lowest BCUT2D eigenvalue weighted by molar-refractivity contribution is 0.308. The van der Waals surface area contributed by atoms with Gasteiger partial charge in [-0.05, 0) is 43.4 Å². The van der Waals surface area contributed by atoms with Gasteiger partial charge >= 0.3 is 0 Å². The van der Waals surface area contributed by atoms with Gasteiger partial charge in [-0.1, -0.05) is 41.4 Å². The topological polar surface area (TPSA) is 9.23 Å². The molecule has 0 aromatic heterocycles. The molecular weight excluding hydrogens is 264 g/mol. The normalized spacial score (nSPS) is 10.4. The van der Waals surface area contributed by atoms with Crippen LogP contribution in [0.4, 0.5) is 0 Å². The van der Waals surface area contributed by atoms with Crippen LogP contribution in [0, 0.1) is 6.92 Å². The van der Waals surface area contributed by atoms with E-state index in [1.54, 1.807) is 0 Å². The highest BCUT2D eigenvalue weighted by molar-refractivity contribution is 9.09. The summed E-state index contributed by atoms with van der Waals surface area (Å²) >= 11 is 3.42. The molecule has 0 aliphatic carbocycles. The van der Waals surface area contributed by atoms with Gasteiger partial charge in [0.05, 0.1) is 6.61 Å². The van der Waals surface area contributed by atoms with Gasteiger partial charge in [-0.2, -0.15) is 0 Å². The van der Waals surface area contributed by atoms with Crippen molar-refractivity contribution in [3.05, 3.63) is 29.3 Å². The second kappa shape index (κ2) is 7.72. The molecule has 16 heavy (non-hydrogen) atoms. The van der Waals surface area contributed by atoms with Gasteiger partial charge in [-0.3, -0.25) is 0 Å². The number of halogens is 1. The lowest BCUT2D eigenvalue weighted by atomic mass is 10.1. The minimum absolute atomic E-state index is 0.819. The van der Waals surface area contributed by atoms with E-state index in [-0.39, 0.29) is 0 Å². The molecule has 0 saturated carbocycles. The van der Waals surface area contributed by atoms with Crippen molar-refractivity contribution in [3.8, 4) is 5.75 Å². The number of benzene rings is 1. The maximum absolute atomic E-state index is 5.75. The van der Waals surface area contributed by atoms with Crippen LogP contribution in [0.3, 0.4) is 0 Å². The van der Waals surface area contributed by atoms with E-state index in [0.29, 0.717) is 0 Å². The summed E-state index contributed by atoms with van der Waals surface area (Å²) in [7, 11) is 0. The molecule has 0 bridgehead atoms. The SMILES string of the molecule is CCCc1ccc(OCCCCBr)c(C)c1. The largest absolute Gasteiger partial charge is 0.493 e. The second-order valence-electron chi connectivity index (χ2n) is 4.09. The van der Waals surface area contributed by atoms with E-state index in [0.717, 1.165) is 30.5 Å². The zero-order chi connectivity index (χ0) is 11.8.